The van der Waals surface area contributed by atoms with E-state index in [0.717, 1.165) is 0 Å². The van der Waals surface area contributed by atoms with Crippen molar-refractivity contribution >= 4 is 0 Å². The number of hydrogen-bond acceptors (Lipinski definition) is 1. The average molecular weight is 181 g/mol. The Kier molecular flexibility index (Phi) is 7.47. The Balaban J connectivity index is 3.62. The maximum absolute atomic E-state index is 3.23. The Bertz CT molecular complexity index is 166. The molecule has 0 aromatic rings. The Morgan fingerprint density at radius 1 is 1.38 bits per heavy atom. The molecule has 1 nitrogen and oxygen atoms in total. The molecule has 0 aliphatic rings. The lowest BCUT2D eigenvalue weighted by Crippen LogP contribution is -2.14. The first-order chi connectivity index (χ1) is 6.16. The van der Waals surface area contributed by atoms with Gasteiger partial charge in [-0.15, -0.1) is 0 Å². The van der Waals surface area contributed by atoms with Crippen LogP contribution in [0.25, 0.3) is 0 Å². The van der Waals surface area contributed by atoms with Gasteiger partial charge in [0.1, 0.15) is 0 Å². The van der Waals surface area contributed by atoms with Gasteiger partial charge in [-0.2, -0.15) is 0 Å². The topological polar surface area (TPSA) is 12.0 Å². The lowest BCUT2D eigenvalue weighted by atomic mass is 10.1. The molecule has 0 heterocycles. The first-order valence-corrected chi connectivity index (χ1v) is 5.25. The highest BCUT2D eigenvalue weighted by Gasteiger charge is 1.86. The summed E-state index contributed by atoms with van der Waals surface area (Å²) < 4.78 is 0. The van der Waals surface area contributed by atoms with E-state index in [4.69, 9.17) is 0 Å². The van der Waals surface area contributed by atoms with E-state index in [2.05, 4.69) is 45.2 Å². The highest BCUT2D eigenvalue weighted by atomic mass is 14.9. The number of allylic oxidation sites excluding steroid dienone is 3. The van der Waals surface area contributed by atoms with Crippen LogP contribution >= 0.6 is 0 Å². The third-order valence-electron chi connectivity index (χ3n) is 1.83. The molecular weight excluding hydrogens is 158 g/mol. The molecule has 0 bridgehead atoms. The molecule has 13 heavy (non-hydrogen) atoms. The second-order valence-corrected chi connectivity index (χ2v) is 3.80. The lowest BCUT2D eigenvalue weighted by Gasteiger charge is -2.01. The summed E-state index contributed by atoms with van der Waals surface area (Å²) in [5.74, 6) is 0. The van der Waals surface area contributed by atoms with Gasteiger partial charge in [0.25, 0.3) is 0 Å². The summed E-state index contributed by atoms with van der Waals surface area (Å²) in [6.07, 6.45) is 10.1. The molecule has 0 aliphatic heterocycles. The fourth-order valence-corrected chi connectivity index (χ4v) is 0.999. The van der Waals surface area contributed by atoms with Crippen LogP contribution in [0.5, 0.6) is 0 Å². The molecule has 0 aromatic carbocycles. The van der Waals surface area contributed by atoms with Gasteiger partial charge in [0.15, 0.2) is 0 Å². The average Bonchev–Trinajstić information content (AvgIpc) is 2.08. The molecule has 0 rings (SSSR count). The largest absolute Gasteiger partial charge is 0.389 e. The highest BCUT2D eigenvalue weighted by Crippen LogP contribution is 2.05. The zero-order valence-corrected chi connectivity index (χ0v) is 9.43. The molecule has 0 amide bonds. The van der Waals surface area contributed by atoms with Gasteiger partial charge in [-0.05, 0) is 45.9 Å². The van der Waals surface area contributed by atoms with Crippen LogP contribution in [-0.4, -0.2) is 6.04 Å². The number of hydrogen-bond donors (Lipinski definition) is 1. The van der Waals surface area contributed by atoms with E-state index in [1.807, 2.05) is 6.20 Å². The van der Waals surface area contributed by atoms with Crippen LogP contribution in [0.4, 0.5) is 0 Å². The first-order valence-electron chi connectivity index (χ1n) is 5.25. The summed E-state index contributed by atoms with van der Waals surface area (Å²) in [6, 6.07) is 0.528. The zero-order chi connectivity index (χ0) is 10.1. The van der Waals surface area contributed by atoms with Crippen molar-refractivity contribution in [3.8, 4) is 0 Å². The van der Waals surface area contributed by atoms with Crippen molar-refractivity contribution in [2.75, 3.05) is 0 Å². The standard InChI is InChI=1S/C12H23N/c1-5-6-8-12(4)9-7-10-13-11(2)3/h7,9-11,13H,5-6,8H2,1-4H3/b10-7+,12-9-. The van der Waals surface area contributed by atoms with E-state index in [1.54, 1.807) is 0 Å². The molecule has 0 saturated carbocycles. The minimum absolute atomic E-state index is 0.528. The van der Waals surface area contributed by atoms with Crippen LogP contribution in [0.15, 0.2) is 23.9 Å². The Labute approximate surface area is 82.9 Å². The van der Waals surface area contributed by atoms with Crippen molar-refractivity contribution < 1.29 is 0 Å². The summed E-state index contributed by atoms with van der Waals surface area (Å²) in [6.45, 7) is 8.69. The lowest BCUT2D eigenvalue weighted by molar-refractivity contribution is 0.702. The Morgan fingerprint density at radius 2 is 2.08 bits per heavy atom. The summed E-state index contributed by atoms with van der Waals surface area (Å²) in [5, 5.41) is 3.23. The molecule has 1 heteroatoms. The van der Waals surface area contributed by atoms with Gasteiger partial charge in [-0.25, -0.2) is 0 Å². The monoisotopic (exact) mass is 181 g/mol. The van der Waals surface area contributed by atoms with Gasteiger partial charge < -0.3 is 5.32 Å². The van der Waals surface area contributed by atoms with Crippen molar-refractivity contribution in [1.82, 2.24) is 5.32 Å². The van der Waals surface area contributed by atoms with Crippen molar-refractivity contribution in [2.24, 2.45) is 0 Å². The molecule has 0 fully saturated rings. The van der Waals surface area contributed by atoms with Gasteiger partial charge in [-0.3, -0.25) is 0 Å². The van der Waals surface area contributed by atoms with Crippen LogP contribution in [0.1, 0.15) is 47.0 Å². The SMILES string of the molecule is CCCC/C(C)=C\C=C\NC(C)C. The van der Waals surface area contributed by atoms with E-state index in [0.29, 0.717) is 6.04 Å². The van der Waals surface area contributed by atoms with Gasteiger partial charge in [0.2, 0.25) is 0 Å². The maximum Gasteiger partial charge on any atom is 0.0199 e. The third kappa shape index (κ3) is 9.19. The van der Waals surface area contributed by atoms with Gasteiger partial charge in [-0.1, -0.05) is 25.0 Å². The minimum Gasteiger partial charge on any atom is -0.389 e. The van der Waals surface area contributed by atoms with E-state index >= 15 is 0 Å². The predicted octanol–water partition coefficient (Wildman–Crippen LogP) is 3.63. The maximum atomic E-state index is 3.23. The molecule has 0 aromatic heterocycles. The number of nitrogens with one attached hydrogen (secondary N) is 1. The fourth-order valence-electron chi connectivity index (χ4n) is 0.999. The normalized spacial score (nSPS) is 12.8. The quantitative estimate of drug-likeness (QED) is 0.617. The van der Waals surface area contributed by atoms with E-state index < -0.39 is 0 Å². The number of unbranched alkanes of at least 4 members (excludes halogenated alkanes) is 1. The van der Waals surface area contributed by atoms with Crippen LogP contribution in [-0.2, 0) is 0 Å². The smallest absolute Gasteiger partial charge is 0.0199 e. The van der Waals surface area contributed by atoms with E-state index in [1.165, 1.54) is 24.8 Å². The van der Waals surface area contributed by atoms with Crippen molar-refractivity contribution in [2.45, 2.75) is 53.0 Å². The Morgan fingerprint density at radius 3 is 2.62 bits per heavy atom. The van der Waals surface area contributed by atoms with Crippen molar-refractivity contribution in [1.29, 1.82) is 0 Å². The molecule has 1 N–H and O–H groups in total. The molecule has 0 atom stereocenters. The predicted molar refractivity (Wildman–Crippen MR) is 60.7 cm³/mol. The van der Waals surface area contributed by atoms with Crippen LogP contribution in [0.3, 0.4) is 0 Å². The minimum atomic E-state index is 0.528. The van der Waals surface area contributed by atoms with E-state index in [9.17, 15) is 0 Å². The van der Waals surface area contributed by atoms with Gasteiger partial charge in [0, 0.05) is 6.04 Å². The molecule has 0 saturated heterocycles. The van der Waals surface area contributed by atoms with E-state index in [-0.39, 0.29) is 0 Å². The third-order valence-corrected chi connectivity index (χ3v) is 1.83. The fraction of sp³-hybridized carbons (Fsp3) is 0.667. The van der Waals surface area contributed by atoms with Crippen LogP contribution in [0.2, 0.25) is 0 Å². The zero-order valence-electron chi connectivity index (χ0n) is 9.43. The first kappa shape index (κ1) is 12.3. The van der Waals surface area contributed by atoms with Gasteiger partial charge in [0.05, 0.1) is 0 Å². The highest BCUT2D eigenvalue weighted by molar-refractivity contribution is 5.09. The molecular formula is C12H23N. The Hall–Kier alpha value is -0.720. The molecule has 0 unspecified atom stereocenters. The molecule has 0 radical (unpaired) electrons. The summed E-state index contributed by atoms with van der Waals surface area (Å²) in [4.78, 5) is 0. The van der Waals surface area contributed by atoms with Gasteiger partial charge >= 0.3 is 0 Å². The number of rotatable bonds is 6. The second-order valence-electron chi connectivity index (χ2n) is 3.80. The summed E-state index contributed by atoms with van der Waals surface area (Å²) >= 11 is 0. The summed E-state index contributed by atoms with van der Waals surface area (Å²) in [5.41, 5.74) is 1.46. The van der Waals surface area contributed by atoms with Crippen LogP contribution in [0, 0.1) is 0 Å². The van der Waals surface area contributed by atoms with Crippen molar-refractivity contribution in [3.05, 3.63) is 23.9 Å². The van der Waals surface area contributed by atoms with Crippen LogP contribution < -0.4 is 5.32 Å². The molecule has 0 aliphatic carbocycles. The molecule has 76 valence electrons. The summed E-state index contributed by atoms with van der Waals surface area (Å²) in [7, 11) is 0. The molecule has 0 spiro atoms. The van der Waals surface area contributed by atoms with Crippen molar-refractivity contribution in [3.63, 3.8) is 0 Å². The second kappa shape index (κ2) is 7.90.